The molecule has 3 aliphatic rings. The van der Waals surface area contributed by atoms with Crippen molar-refractivity contribution < 1.29 is 14.3 Å². The summed E-state index contributed by atoms with van der Waals surface area (Å²) >= 11 is 0. The number of fused-ring (bicyclic) bond motifs is 1. The van der Waals surface area contributed by atoms with Crippen LogP contribution in [0.4, 0.5) is 0 Å². The van der Waals surface area contributed by atoms with Gasteiger partial charge >= 0.3 is 0 Å². The molecule has 4 heteroatoms. The molecular formula is C17H27NO3. The monoisotopic (exact) mass is 293 g/mol. The smallest absolute Gasteiger partial charge is 0.223 e. The van der Waals surface area contributed by atoms with Gasteiger partial charge in [-0.25, -0.2) is 0 Å². The number of nitrogens with zero attached hydrogens (tertiary/aromatic N) is 1. The third kappa shape index (κ3) is 3.16. The highest BCUT2D eigenvalue weighted by atomic mass is 16.5. The molecule has 2 heterocycles. The van der Waals surface area contributed by atoms with Crippen LogP contribution in [0.15, 0.2) is 12.2 Å². The minimum atomic E-state index is 0.0203. The van der Waals surface area contributed by atoms with Gasteiger partial charge in [-0.3, -0.25) is 4.79 Å². The van der Waals surface area contributed by atoms with E-state index in [1.165, 1.54) is 0 Å². The normalized spacial score (nSPS) is 35.8. The second kappa shape index (κ2) is 6.49. The van der Waals surface area contributed by atoms with Crippen LogP contribution in [-0.4, -0.2) is 50.3 Å². The highest BCUT2D eigenvalue weighted by Gasteiger charge is 2.47. The van der Waals surface area contributed by atoms with Crippen LogP contribution in [-0.2, 0) is 14.3 Å². The number of rotatable bonds is 4. The number of ether oxygens (including phenoxy) is 2. The fraction of sp³-hybridized carbons (Fsp3) is 0.824. The minimum Gasteiger partial charge on any atom is -0.384 e. The number of carbonyl (C=O) groups is 1. The largest absolute Gasteiger partial charge is 0.384 e. The molecule has 0 saturated carbocycles. The van der Waals surface area contributed by atoms with Crippen molar-refractivity contribution in [3.8, 4) is 0 Å². The SMILES string of the molecule is COC[C@]12CCCO[C@@H]1CCN(C(=O)C[C@H]1C=CCC1)C2. The first-order chi connectivity index (χ1) is 10.2. The Kier molecular flexibility index (Phi) is 4.65. The zero-order valence-electron chi connectivity index (χ0n) is 13.1. The molecular weight excluding hydrogens is 266 g/mol. The lowest BCUT2D eigenvalue weighted by Crippen LogP contribution is -2.58. The summed E-state index contributed by atoms with van der Waals surface area (Å²) in [4.78, 5) is 14.7. The zero-order valence-corrected chi connectivity index (χ0v) is 13.1. The number of hydrogen-bond acceptors (Lipinski definition) is 3. The fourth-order valence-corrected chi connectivity index (χ4v) is 4.22. The van der Waals surface area contributed by atoms with Crippen LogP contribution in [0.25, 0.3) is 0 Å². The number of amides is 1. The van der Waals surface area contributed by atoms with Crippen LogP contribution in [0.3, 0.4) is 0 Å². The van der Waals surface area contributed by atoms with Crippen molar-refractivity contribution in [2.24, 2.45) is 11.3 Å². The lowest BCUT2D eigenvalue weighted by Gasteiger charge is -2.50. The van der Waals surface area contributed by atoms with Gasteiger partial charge in [-0.1, -0.05) is 12.2 Å². The highest BCUT2D eigenvalue weighted by molar-refractivity contribution is 5.77. The second-order valence-electron chi connectivity index (χ2n) is 6.83. The minimum absolute atomic E-state index is 0.0203. The molecule has 0 radical (unpaired) electrons. The second-order valence-corrected chi connectivity index (χ2v) is 6.83. The van der Waals surface area contributed by atoms with E-state index in [2.05, 4.69) is 17.1 Å². The van der Waals surface area contributed by atoms with Crippen LogP contribution in [0.5, 0.6) is 0 Å². The Bertz CT molecular complexity index is 405. The molecule has 118 valence electrons. The zero-order chi connectivity index (χ0) is 14.7. The summed E-state index contributed by atoms with van der Waals surface area (Å²) in [5.41, 5.74) is 0.0203. The van der Waals surface area contributed by atoms with Gasteiger partial charge in [0, 0.05) is 38.6 Å². The van der Waals surface area contributed by atoms with E-state index in [-0.39, 0.29) is 11.5 Å². The van der Waals surface area contributed by atoms with E-state index >= 15 is 0 Å². The summed E-state index contributed by atoms with van der Waals surface area (Å²) in [6.07, 6.45) is 10.7. The third-order valence-electron chi connectivity index (χ3n) is 5.32. The molecule has 1 aliphatic carbocycles. The maximum Gasteiger partial charge on any atom is 0.223 e. The fourth-order valence-electron chi connectivity index (χ4n) is 4.22. The van der Waals surface area contributed by atoms with E-state index in [4.69, 9.17) is 9.47 Å². The molecule has 2 saturated heterocycles. The first-order valence-corrected chi connectivity index (χ1v) is 8.28. The molecule has 0 aromatic rings. The Balaban J connectivity index is 1.64. The van der Waals surface area contributed by atoms with Crippen molar-refractivity contribution in [2.75, 3.05) is 33.4 Å². The van der Waals surface area contributed by atoms with Gasteiger partial charge in [0.15, 0.2) is 0 Å². The number of hydrogen-bond donors (Lipinski definition) is 0. The van der Waals surface area contributed by atoms with E-state index in [1.54, 1.807) is 7.11 Å². The Morgan fingerprint density at radius 1 is 1.48 bits per heavy atom. The first-order valence-electron chi connectivity index (χ1n) is 8.28. The molecule has 0 unspecified atom stereocenters. The van der Waals surface area contributed by atoms with Crippen LogP contribution in [0, 0.1) is 11.3 Å². The molecule has 3 atom stereocenters. The lowest BCUT2D eigenvalue weighted by molar-refractivity contribution is -0.162. The molecule has 0 aromatic heterocycles. The summed E-state index contributed by atoms with van der Waals surface area (Å²) in [7, 11) is 1.75. The average molecular weight is 293 g/mol. The highest BCUT2D eigenvalue weighted by Crippen LogP contribution is 2.40. The maximum absolute atomic E-state index is 12.6. The van der Waals surface area contributed by atoms with Gasteiger partial charge in [-0.15, -0.1) is 0 Å². The van der Waals surface area contributed by atoms with Gasteiger partial charge < -0.3 is 14.4 Å². The molecule has 21 heavy (non-hydrogen) atoms. The molecule has 2 fully saturated rings. The topological polar surface area (TPSA) is 38.8 Å². The number of carbonyl (C=O) groups excluding carboxylic acids is 1. The van der Waals surface area contributed by atoms with E-state index in [0.717, 1.165) is 51.8 Å². The Hall–Kier alpha value is -0.870. The first kappa shape index (κ1) is 15.0. The molecule has 4 nitrogen and oxygen atoms in total. The van der Waals surface area contributed by atoms with Crippen LogP contribution in [0.1, 0.15) is 38.5 Å². The van der Waals surface area contributed by atoms with Gasteiger partial charge in [0.05, 0.1) is 12.7 Å². The quantitative estimate of drug-likeness (QED) is 0.747. The van der Waals surface area contributed by atoms with E-state index < -0.39 is 0 Å². The van der Waals surface area contributed by atoms with Crippen molar-refractivity contribution in [3.05, 3.63) is 12.2 Å². The number of likely N-dealkylation sites (tertiary alicyclic amines) is 1. The van der Waals surface area contributed by atoms with Crippen LogP contribution < -0.4 is 0 Å². The third-order valence-corrected chi connectivity index (χ3v) is 5.32. The van der Waals surface area contributed by atoms with Crippen molar-refractivity contribution >= 4 is 5.91 Å². The van der Waals surface area contributed by atoms with Crippen molar-refractivity contribution in [1.29, 1.82) is 0 Å². The Morgan fingerprint density at radius 3 is 3.14 bits per heavy atom. The van der Waals surface area contributed by atoms with Crippen LogP contribution >= 0.6 is 0 Å². The molecule has 2 aliphatic heterocycles. The van der Waals surface area contributed by atoms with Gasteiger partial charge in [0.1, 0.15) is 0 Å². The predicted octanol–water partition coefficient (Wildman–Crippen LogP) is 2.39. The van der Waals surface area contributed by atoms with E-state index in [1.807, 2.05) is 0 Å². The lowest BCUT2D eigenvalue weighted by atomic mass is 9.73. The Labute approximate surface area is 127 Å². The van der Waals surface area contributed by atoms with Gasteiger partial charge in [0.2, 0.25) is 5.91 Å². The molecule has 0 spiro atoms. The van der Waals surface area contributed by atoms with Crippen molar-refractivity contribution in [1.82, 2.24) is 4.90 Å². The number of piperidine rings is 1. The molecule has 0 N–H and O–H groups in total. The Morgan fingerprint density at radius 2 is 2.38 bits per heavy atom. The summed E-state index contributed by atoms with van der Waals surface area (Å²) in [5.74, 6) is 0.766. The summed E-state index contributed by atoms with van der Waals surface area (Å²) in [6.45, 7) is 3.20. The summed E-state index contributed by atoms with van der Waals surface area (Å²) in [5, 5.41) is 0. The van der Waals surface area contributed by atoms with Crippen LogP contribution in [0.2, 0.25) is 0 Å². The van der Waals surface area contributed by atoms with Gasteiger partial charge in [-0.2, -0.15) is 0 Å². The average Bonchev–Trinajstić information content (AvgIpc) is 2.99. The maximum atomic E-state index is 12.6. The number of methoxy groups -OCH3 is 1. The summed E-state index contributed by atoms with van der Waals surface area (Å²) in [6, 6.07) is 0. The number of allylic oxidation sites excluding steroid dienone is 2. The van der Waals surface area contributed by atoms with E-state index in [0.29, 0.717) is 24.9 Å². The standard InChI is InChI=1S/C17H27NO3/c1-20-13-17-8-4-10-21-15(17)7-9-18(12-17)16(19)11-14-5-2-3-6-14/h2,5,14-15H,3-4,6-13H2,1H3/t14-,15+,17+/m0/s1. The molecule has 0 bridgehead atoms. The van der Waals surface area contributed by atoms with Crippen molar-refractivity contribution in [2.45, 2.75) is 44.6 Å². The predicted molar refractivity (Wildman–Crippen MR) is 81.0 cm³/mol. The van der Waals surface area contributed by atoms with Gasteiger partial charge in [-0.05, 0) is 38.0 Å². The van der Waals surface area contributed by atoms with E-state index in [9.17, 15) is 4.79 Å². The summed E-state index contributed by atoms with van der Waals surface area (Å²) < 4.78 is 11.4. The molecule has 1 amide bonds. The van der Waals surface area contributed by atoms with Gasteiger partial charge in [0.25, 0.3) is 0 Å². The molecule has 0 aromatic carbocycles. The molecule has 3 rings (SSSR count). The van der Waals surface area contributed by atoms with Crippen molar-refractivity contribution in [3.63, 3.8) is 0 Å².